The zero-order chi connectivity index (χ0) is 13.7. The smallest absolute Gasteiger partial charge is 0.134 e. The molecule has 4 heteroatoms. The van der Waals surface area contributed by atoms with Crippen LogP contribution in [0.1, 0.15) is 31.7 Å². The van der Waals surface area contributed by atoms with E-state index in [1.165, 1.54) is 6.42 Å². The van der Waals surface area contributed by atoms with Crippen LogP contribution >= 0.6 is 11.6 Å². The van der Waals surface area contributed by atoms with Crippen molar-refractivity contribution in [2.45, 2.75) is 38.8 Å². The molecule has 1 heterocycles. The van der Waals surface area contributed by atoms with E-state index in [0.29, 0.717) is 11.1 Å². The van der Waals surface area contributed by atoms with Crippen molar-refractivity contribution in [3.05, 3.63) is 28.8 Å². The Morgan fingerprint density at radius 3 is 3.05 bits per heavy atom. The Hall–Kier alpha value is -0.770. The fraction of sp³-hybridized carbons (Fsp3) is 0.600. The molecule has 1 aliphatic rings. The van der Waals surface area contributed by atoms with Crippen LogP contribution in [-0.2, 0) is 11.3 Å². The first-order chi connectivity index (χ1) is 9.19. The van der Waals surface area contributed by atoms with Gasteiger partial charge in [-0.15, -0.1) is 0 Å². The summed E-state index contributed by atoms with van der Waals surface area (Å²) in [6, 6.07) is 5.43. The number of hydrogen-bond donors (Lipinski definition) is 1. The Kier molecular flexibility index (Phi) is 5.49. The largest absolute Gasteiger partial charge is 0.506 e. The topological polar surface area (TPSA) is 32.7 Å². The third kappa shape index (κ3) is 4.37. The number of rotatable bonds is 5. The summed E-state index contributed by atoms with van der Waals surface area (Å²) in [5.41, 5.74) is 1.14. The van der Waals surface area contributed by atoms with E-state index in [9.17, 15) is 5.11 Å². The number of phenolic OH excluding ortho intramolecular Hbond substituents is 1. The van der Waals surface area contributed by atoms with Gasteiger partial charge in [-0.3, -0.25) is 4.90 Å². The SMILES string of the molecule is CCCOC1CCCN(Cc2ccc(O)c(Cl)c2)C1. The Bertz CT molecular complexity index is 411. The van der Waals surface area contributed by atoms with Crippen molar-refractivity contribution in [3.63, 3.8) is 0 Å². The highest BCUT2D eigenvalue weighted by molar-refractivity contribution is 6.32. The van der Waals surface area contributed by atoms with Gasteiger partial charge in [-0.05, 0) is 43.5 Å². The quantitative estimate of drug-likeness (QED) is 0.898. The van der Waals surface area contributed by atoms with E-state index in [2.05, 4.69) is 11.8 Å². The first-order valence-electron chi connectivity index (χ1n) is 7.00. The molecule has 106 valence electrons. The van der Waals surface area contributed by atoms with E-state index in [-0.39, 0.29) is 5.75 Å². The number of nitrogens with zero attached hydrogens (tertiary/aromatic N) is 1. The zero-order valence-corrected chi connectivity index (χ0v) is 12.2. The van der Waals surface area contributed by atoms with Gasteiger partial charge in [-0.25, -0.2) is 0 Å². The lowest BCUT2D eigenvalue weighted by atomic mass is 10.1. The van der Waals surface area contributed by atoms with Crippen molar-refractivity contribution in [1.29, 1.82) is 0 Å². The van der Waals surface area contributed by atoms with Crippen molar-refractivity contribution in [1.82, 2.24) is 4.90 Å². The van der Waals surface area contributed by atoms with Gasteiger partial charge in [0.2, 0.25) is 0 Å². The standard InChI is InChI=1S/C15H22ClNO2/c1-2-8-19-13-4-3-7-17(11-13)10-12-5-6-15(18)14(16)9-12/h5-6,9,13,18H,2-4,7-8,10-11H2,1H3. The van der Waals surface area contributed by atoms with Crippen LogP contribution < -0.4 is 0 Å². The fourth-order valence-electron chi connectivity index (χ4n) is 2.48. The van der Waals surface area contributed by atoms with E-state index in [1.807, 2.05) is 12.1 Å². The Morgan fingerprint density at radius 1 is 1.47 bits per heavy atom. The van der Waals surface area contributed by atoms with E-state index < -0.39 is 0 Å². The highest BCUT2D eigenvalue weighted by Crippen LogP contribution is 2.25. The van der Waals surface area contributed by atoms with Crippen molar-refractivity contribution in [2.24, 2.45) is 0 Å². The minimum absolute atomic E-state index is 0.146. The normalized spacial score (nSPS) is 20.6. The molecule has 1 N–H and O–H groups in total. The third-order valence-electron chi connectivity index (χ3n) is 3.44. The van der Waals surface area contributed by atoms with Gasteiger partial charge >= 0.3 is 0 Å². The number of benzene rings is 1. The minimum atomic E-state index is 0.146. The van der Waals surface area contributed by atoms with Crippen molar-refractivity contribution < 1.29 is 9.84 Å². The molecular formula is C15H22ClNO2. The summed E-state index contributed by atoms with van der Waals surface area (Å²) in [5, 5.41) is 9.85. The van der Waals surface area contributed by atoms with Crippen LogP contribution in [0, 0.1) is 0 Å². The molecule has 0 bridgehead atoms. The van der Waals surface area contributed by atoms with Crippen molar-refractivity contribution >= 4 is 11.6 Å². The monoisotopic (exact) mass is 283 g/mol. The Balaban J connectivity index is 1.89. The van der Waals surface area contributed by atoms with Crippen molar-refractivity contribution in [2.75, 3.05) is 19.7 Å². The van der Waals surface area contributed by atoms with E-state index in [0.717, 1.165) is 44.6 Å². The maximum atomic E-state index is 9.42. The molecule has 0 aliphatic carbocycles. The molecule has 1 aromatic rings. The number of hydrogen-bond acceptors (Lipinski definition) is 3. The minimum Gasteiger partial charge on any atom is -0.506 e. The first kappa shape index (κ1) is 14.6. The molecule has 19 heavy (non-hydrogen) atoms. The second-order valence-corrected chi connectivity index (χ2v) is 5.56. The van der Waals surface area contributed by atoms with Crippen molar-refractivity contribution in [3.8, 4) is 5.75 Å². The van der Waals surface area contributed by atoms with Crippen LogP contribution in [0.5, 0.6) is 5.75 Å². The summed E-state index contributed by atoms with van der Waals surface area (Å²) in [6.07, 6.45) is 3.78. The number of likely N-dealkylation sites (tertiary alicyclic amines) is 1. The number of aromatic hydroxyl groups is 1. The Labute approximate surface area is 120 Å². The number of ether oxygens (including phenoxy) is 1. The summed E-state index contributed by atoms with van der Waals surface area (Å²) in [7, 11) is 0. The van der Waals surface area contributed by atoms with Gasteiger partial charge < -0.3 is 9.84 Å². The maximum Gasteiger partial charge on any atom is 0.134 e. The molecule has 1 fully saturated rings. The van der Waals surface area contributed by atoms with Gasteiger partial charge in [0, 0.05) is 19.7 Å². The lowest BCUT2D eigenvalue weighted by Crippen LogP contribution is -2.39. The molecule has 0 amide bonds. The van der Waals surface area contributed by atoms with Gasteiger partial charge in [0.1, 0.15) is 5.75 Å². The Morgan fingerprint density at radius 2 is 2.32 bits per heavy atom. The lowest BCUT2D eigenvalue weighted by Gasteiger charge is -2.32. The predicted molar refractivity (Wildman–Crippen MR) is 77.7 cm³/mol. The summed E-state index contributed by atoms with van der Waals surface area (Å²) < 4.78 is 5.84. The average Bonchev–Trinajstić information content (AvgIpc) is 2.41. The maximum absolute atomic E-state index is 9.42. The van der Waals surface area contributed by atoms with Crippen LogP contribution in [0.4, 0.5) is 0 Å². The van der Waals surface area contributed by atoms with Crippen LogP contribution in [-0.4, -0.2) is 35.8 Å². The molecule has 2 rings (SSSR count). The van der Waals surface area contributed by atoms with E-state index in [4.69, 9.17) is 16.3 Å². The van der Waals surface area contributed by atoms with Gasteiger partial charge in [-0.2, -0.15) is 0 Å². The summed E-state index contributed by atoms with van der Waals surface area (Å²) in [5.74, 6) is 0.146. The summed E-state index contributed by atoms with van der Waals surface area (Å²) in [4.78, 5) is 2.40. The number of halogens is 1. The predicted octanol–water partition coefficient (Wildman–Crippen LogP) is 3.44. The molecular weight excluding hydrogens is 262 g/mol. The summed E-state index contributed by atoms with van der Waals surface area (Å²) in [6.45, 7) is 5.94. The zero-order valence-electron chi connectivity index (χ0n) is 11.4. The van der Waals surface area contributed by atoms with Gasteiger partial charge in [0.25, 0.3) is 0 Å². The molecule has 1 saturated heterocycles. The average molecular weight is 284 g/mol. The van der Waals surface area contributed by atoms with Crippen LogP contribution in [0.2, 0.25) is 5.02 Å². The van der Waals surface area contributed by atoms with Gasteiger partial charge in [-0.1, -0.05) is 24.6 Å². The molecule has 0 aromatic heterocycles. The molecule has 1 atom stereocenters. The first-order valence-corrected chi connectivity index (χ1v) is 7.38. The fourth-order valence-corrected chi connectivity index (χ4v) is 2.69. The second-order valence-electron chi connectivity index (χ2n) is 5.16. The molecule has 1 aliphatic heterocycles. The molecule has 0 spiro atoms. The van der Waals surface area contributed by atoms with Gasteiger partial charge in [0.15, 0.2) is 0 Å². The van der Waals surface area contributed by atoms with E-state index >= 15 is 0 Å². The number of piperidine rings is 1. The lowest BCUT2D eigenvalue weighted by molar-refractivity contribution is -0.00223. The summed E-state index contributed by atoms with van der Waals surface area (Å²) >= 11 is 5.94. The molecule has 1 unspecified atom stereocenters. The van der Waals surface area contributed by atoms with Crippen LogP contribution in [0.15, 0.2) is 18.2 Å². The highest BCUT2D eigenvalue weighted by atomic mass is 35.5. The second kappa shape index (κ2) is 7.13. The van der Waals surface area contributed by atoms with Crippen LogP contribution in [0.3, 0.4) is 0 Å². The number of phenols is 1. The highest BCUT2D eigenvalue weighted by Gasteiger charge is 2.20. The molecule has 1 aromatic carbocycles. The van der Waals surface area contributed by atoms with E-state index in [1.54, 1.807) is 6.07 Å². The molecule has 0 radical (unpaired) electrons. The molecule has 0 saturated carbocycles. The van der Waals surface area contributed by atoms with Gasteiger partial charge in [0.05, 0.1) is 11.1 Å². The third-order valence-corrected chi connectivity index (χ3v) is 3.74. The van der Waals surface area contributed by atoms with Crippen LogP contribution in [0.25, 0.3) is 0 Å². The molecule has 3 nitrogen and oxygen atoms in total.